The molecule has 0 amide bonds. The van der Waals surface area contributed by atoms with Gasteiger partial charge in [0.05, 0.1) is 6.17 Å². The topological polar surface area (TPSA) is 15.3 Å². The molecule has 3 unspecified atom stereocenters. The van der Waals surface area contributed by atoms with Gasteiger partial charge in [-0.05, 0) is 37.3 Å². The number of nitrogens with zero attached hydrogens (tertiary/aromatic N) is 1. The molecular formula is C16H24N2. The molecule has 2 nitrogen and oxygen atoms in total. The molecule has 2 heteroatoms. The van der Waals surface area contributed by atoms with E-state index in [4.69, 9.17) is 0 Å². The van der Waals surface area contributed by atoms with Crippen LogP contribution in [0, 0.1) is 5.92 Å². The van der Waals surface area contributed by atoms with E-state index in [1.807, 2.05) is 0 Å². The second-order valence-corrected chi connectivity index (χ2v) is 6.34. The van der Waals surface area contributed by atoms with Crippen molar-refractivity contribution in [1.29, 1.82) is 0 Å². The summed E-state index contributed by atoms with van der Waals surface area (Å²) in [6, 6.07) is 10.7. The Bertz CT molecular complexity index is 438. The van der Waals surface area contributed by atoms with E-state index in [1.54, 1.807) is 0 Å². The highest BCUT2D eigenvalue weighted by Gasteiger charge is 2.47. The normalized spacial score (nSPS) is 31.1. The van der Waals surface area contributed by atoms with Gasteiger partial charge in [0.25, 0.3) is 0 Å². The lowest BCUT2D eigenvalue weighted by Crippen LogP contribution is -2.47. The zero-order valence-electron chi connectivity index (χ0n) is 11.9. The molecule has 1 aromatic carbocycles. The van der Waals surface area contributed by atoms with Gasteiger partial charge in [-0.25, -0.2) is 0 Å². The van der Waals surface area contributed by atoms with E-state index in [0.717, 1.165) is 0 Å². The molecule has 1 saturated heterocycles. The summed E-state index contributed by atoms with van der Waals surface area (Å²) in [5, 5.41) is 3.87. The fraction of sp³-hybridized carbons (Fsp3) is 0.625. The number of hydrogen-bond acceptors (Lipinski definition) is 2. The molecule has 0 radical (unpaired) electrons. The van der Waals surface area contributed by atoms with Gasteiger partial charge < -0.3 is 0 Å². The van der Waals surface area contributed by atoms with Crippen molar-refractivity contribution in [2.75, 3.05) is 0 Å². The number of rotatable bonds is 2. The number of benzene rings is 1. The van der Waals surface area contributed by atoms with Crippen molar-refractivity contribution in [3.8, 4) is 0 Å². The van der Waals surface area contributed by atoms with Crippen molar-refractivity contribution in [3.63, 3.8) is 0 Å². The van der Waals surface area contributed by atoms with Gasteiger partial charge in [0.1, 0.15) is 0 Å². The van der Waals surface area contributed by atoms with Crippen LogP contribution in [0.2, 0.25) is 0 Å². The number of nitrogens with one attached hydrogen (secondary N) is 1. The first-order valence-electron chi connectivity index (χ1n) is 7.21. The van der Waals surface area contributed by atoms with Crippen LogP contribution in [-0.2, 0) is 6.42 Å². The third-order valence-electron chi connectivity index (χ3n) is 4.49. The minimum Gasteiger partial charge on any atom is -0.293 e. The zero-order chi connectivity index (χ0) is 12.9. The van der Waals surface area contributed by atoms with Crippen molar-refractivity contribution >= 4 is 0 Å². The van der Waals surface area contributed by atoms with Gasteiger partial charge >= 0.3 is 0 Å². The second-order valence-electron chi connectivity index (χ2n) is 6.34. The lowest BCUT2D eigenvalue weighted by molar-refractivity contribution is 0.113. The molecular weight excluding hydrogens is 220 g/mol. The standard InChI is InChI=1S/C16H24N2/c1-10(2)16-17-15-13-8-6-5-7-12(13)9-14(15)18(16)11(3)4/h5-8,10-11,14-17H,9H2,1-4H3. The van der Waals surface area contributed by atoms with E-state index in [9.17, 15) is 0 Å². The van der Waals surface area contributed by atoms with Crippen LogP contribution in [0.5, 0.6) is 0 Å². The molecule has 1 aliphatic carbocycles. The molecule has 1 aliphatic heterocycles. The van der Waals surface area contributed by atoms with Gasteiger partial charge in [0.2, 0.25) is 0 Å². The maximum atomic E-state index is 3.87. The Morgan fingerprint density at radius 1 is 1.17 bits per heavy atom. The molecule has 0 saturated carbocycles. The van der Waals surface area contributed by atoms with Crippen LogP contribution in [0.3, 0.4) is 0 Å². The predicted octanol–water partition coefficient (Wildman–Crippen LogP) is 2.95. The van der Waals surface area contributed by atoms with E-state index < -0.39 is 0 Å². The predicted molar refractivity (Wildman–Crippen MR) is 75.4 cm³/mol. The molecule has 1 aromatic rings. The molecule has 18 heavy (non-hydrogen) atoms. The van der Waals surface area contributed by atoms with E-state index >= 15 is 0 Å². The lowest BCUT2D eigenvalue weighted by atomic mass is 10.1. The van der Waals surface area contributed by atoms with Crippen LogP contribution in [-0.4, -0.2) is 23.1 Å². The van der Waals surface area contributed by atoms with E-state index in [0.29, 0.717) is 30.2 Å². The molecule has 2 aliphatic rings. The summed E-state index contributed by atoms with van der Waals surface area (Å²) in [6.45, 7) is 9.28. The average Bonchev–Trinajstić information content (AvgIpc) is 2.83. The van der Waals surface area contributed by atoms with Crippen molar-refractivity contribution in [1.82, 2.24) is 10.2 Å². The second kappa shape index (κ2) is 4.36. The minimum absolute atomic E-state index is 0.522. The van der Waals surface area contributed by atoms with Crippen molar-refractivity contribution in [2.24, 2.45) is 5.92 Å². The van der Waals surface area contributed by atoms with Gasteiger partial charge in [-0.3, -0.25) is 10.2 Å². The summed E-state index contributed by atoms with van der Waals surface area (Å²) in [6.07, 6.45) is 1.73. The van der Waals surface area contributed by atoms with E-state index in [1.165, 1.54) is 17.5 Å². The van der Waals surface area contributed by atoms with Crippen molar-refractivity contribution in [3.05, 3.63) is 35.4 Å². The minimum atomic E-state index is 0.522. The molecule has 1 N–H and O–H groups in total. The number of fused-ring (bicyclic) bond motifs is 3. The van der Waals surface area contributed by atoms with Gasteiger partial charge in [-0.2, -0.15) is 0 Å². The summed E-state index contributed by atoms with van der Waals surface area (Å²) in [7, 11) is 0. The molecule has 1 heterocycles. The smallest absolute Gasteiger partial charge is 0.0631 e. The molecule has 98 valence electrons. The third-order valence-corrected chi connectivity index (χ3v) is 4.49. The van der Waals surface area contributed by atoms with Gasteiger partial charge in [-0.15, -0.1) is 0 Å². The monoisotopic (exact) mass is 244 g/mol. The first-order chi connectivity index (χ1) is 8.59. The zero-order valence-corrected chi connectivity index (χ0v) is 11.9. The maximum Gasteiger partial charge on any atom is 0.0631 e. The van der Waals surface area contributed by atoms with Crippen LogP contribution < -0.4 is 5.32 Å². The molecule has 1 fully saturated rings. The van der Waals surface area contributed by atoms with Crippen molar-refractivity contribution < 1.29 is 0 Å². The summed E-state index contributed by atoms with van der Waals surface area (Å²) in [5.41, 5.74) is 3.06. The van der Waals surface area contributed by atoms with Crippen LogP contribution in [0.1, 0.15) is 44.9 Å². The molecule has 0 bridgehead atoms. The Morgan fingerprint density at radius 2 is 1.89 bits per heavy atom. The highest BCUT2D eigenvalue weighted by molar-refractivity contribution is 5.38. The van der Waals surface area contributed by atoms with E-state index in [2.05, 4.69) is 62.2 Å². The average molecular weight is 244 g/mol. The fourth-order valence-electron chi connectivity index (χ4n) is 3.77. The summed E-state index contributed by atoms with van der Waals surface area (Å²) in [4.78, 5) is 2.69. The third kappa shape index (κ3) is 1.70. The van der Waals surface area contributed by atoms with Crippen molar-refractivity contribution in [2.45, 2.75) is 58.4 Å². The molecule has 0 spiro atoms. The summed E-state index contributed by atoms with van der Waals surface area (Å²) >= 11 is 0. The lowest BCUT2D eigenvalue weighted by Gasteiger charge is -2.34. The van der Waals surface area contributed by atoms with Gasteiger partial charge in [0.15, 0.2) is 0 Å². The highest BCUT2D eigenvalue weighted by atomic mass is 15.4. The largest absolute Gasteiger partial charge is 0.293 e. The summed E-state index contributed by atoms with van der Waals surface area (Å²) < 4.78 is 0. The van der Waals surface area contributed by atoms with Gasteiger partial charge in [0, 0.05) is 18.1 Å². The Hall–Kier alpha value is -0.860. The first-order valence-corrected chi connectivity index (χ1v) is 7.21. The van der Waals surface area contributed by atoms with Crippen LogP contribution in [0.4, 0.5) is 0 Å². The van der Waals surface area contributed by atoms with Crippen LogP contribution in [0.25, 0.3) is 0 Å². The Morgan fingerprint density at radius 3 is 2.56 bits per heavy atom. The van der Waals surface area contributed by atoms with Crippen LogP contribution in [0.15, 0.2) is 24.3 Å². The first kappa shape index (κ1) is 12.2. The quantitative estimate of drug-likeness (QED) is 0.860. The Labute approximate surface area is 110 Å². The van der Waals surface area contributed by atoms with Crippen LogP contribution >= 0.6 is 0 Å². The SMILES string of the molecule is CC(C)C1NC2c3ccccc3CC2N1C(C)C. The van der Waals surface area contributed by atoms with E-state index in [-0.39, 0.29) is 0 Å². The molecule has 3 atom stereocenters. The van der Waals surface area contributed by atoms with Gasteiger partial charge in [-0.1, -0.05) is 38.1 Å². The molecule has 3 rings (SSSR count). The Balaban J connectivity index is 1.95. The fourth-order valence-corrected chi connectivity index (χ4v) is 3.77. The highest BCUT2D eigenvalue weighted by Crippen LogP contribution is 2.41. The Kier molecular flexibility index (Phi) is 2.95. The molecule has 0 aromatic heterocycles. The number of hydrogen-bond donors (Lipinski definition) is 1. The maximum absolute atomic E-state index is 3.87. The summed E-state index contributed by atoms with van der Waals surface area (Å²) in [5.74, 6) is 0.658.